The highest BCUT2D eigenvalue weighted by Gasteiger charge is 2.60. The molecule has 1 aromatic rings. The van der Waals surface area contributed by atoms with Crippen LogP contribution in [0, 0.1) is 28.6 Å². The Labute approximate surface area is 164 Å². The van der Waals surface area contributed by atoms with Crippen molar-refractivity contribution in [1.82, 2.24) is 15.5 Å². The zero-order valence-electron chi connectivity index (χ0n) is 16.3. The summed E-state index contributed by atoms with van der Waals surface area (Å²) >= 11 is 0. The number of hydrogen-bond acceptors (Lipinski definition) is 5. The number of rotatable bonds is 5. The third-order valence-corrected chi connectivity index (χ3v) is 6.48. The van der Waals surface area contributed by atoms with Gasteiger partial charge in [0.15, 0.2) is 5.82 Å². The number of H-pyrrole nitrogens is 1. The summed E-state index contributed by atoms with van der Waals surface area (Å²) < 4.78 is 5.47. The number of anilines is 1. The quantitative estimate of drug-likeness (QED) is 0.719. The molecule has 4 saturated carbocycles. The molecule has 2 bridgehead atoms. The summed E-state index contributed by atoms with van der Waals surface area (Å²) in [4.78, 5) is 24.5. The molecule has 8 nitrogen and oxygen atoms in total. The molecule has 3 N–H and O–H groups in total. The molecule has 1 heterocycles. The van der Waals surface area contributed by atoms with E-state index in [-0.39, 0.29) is 41.4 Å². The van der Waals surface area contributed by atoms with Crippen molar-refractivity contribution in [3.8, 4) is 6.07 Å². The van der Waals surface area contributed by atoms with Gasteiger partial charge < -0.3 is 15.4 Å². The van der Waals surface area contributed by atoms with Gasteiger partial charge in [-0.2, -0.15) is 10.4 Å². The average Bonchev–Trinajstić information content (AvgIpc) is 3.35. The number of aromatic nitrogens is 2. The van der Waals surface area contributed by atoms with E-state index in [0.717, 1.165) is 37.8 Å². The molecule has 0 radical (unpaired) electrons. The molecule has 28 heavy (non-hydrogen) atoms. The number of nitrogens with zero attached hydrogens (tertiary/aromatic N) is 2. The minimum Gasteiger partial charge on any atom is -0.446 e. The molecule has 4 aliphatic rings. The second-order valence-electron chi connectivity index (χ2n) is 8.89. The molecular weight excluding hydrogens is 358 g/mol. The van der Waals surface area contributed by atoms with Gasteiger partial charge in [0.1, 0.15) is 6.10 Å². The van der Waals surface area contributed by atoms with Crippen molar-refractivity contribution in [1.29, 1.82) is 5.26 Å². The highest BCUT2D eigenvalue weighted by Crippen LogP contribution is 2.61. The van der Waals surface area contributed by atoms with Crippen LogP contribution in [0.3, 0.4) is 0 Å². The Hall–Kier alpha value is -2.56. The summed E-state index contributed by atoms with van der Waals surface area (Å²) in [6.07, 6.45) is 4.29. The van der Waals surface area contributed by atoms with Crippen molar-refractivity contribution >= 4 is 17.8 Å². The van der Waals surface area contributed by atoms with Crippen molar-refractivity contribution in [2.24, 2.45) is 17.3 Å². The maximum atomic E-state index is 12.7. The molecule has 4 fully saturated rings. The third kappa shape index (κ3) is 3.46. The zero-order chi connectivity index (χ0) is 19.9. The fourth-order valence-electron chi connectivity index (χ4n) is 5.02. The fourth-order valence-corrected chi connectivity index (χ4v) is 5.02. The van der Waals surface area contributed by atoms with Crippen LogP contribution < -0.4 is 10.6 Å². The molecule has 8 heteroatoms. The van der Waals surface area contributed by atoms with E-state index in [1.165, 1.54) is 0 Å². The highest BCUT2D eigenvalue weighted by molar-refractivity contribution is 5.95. The summed E-state index contributed by atoms with van der Waals surface area (Å²) in [6, 6.07) is 4.26. The topological polar surface area (TPSA) is 120 Å². The lowest BCUT2D eigenvalue weighted by Crippen LogP contribution is -2.40. The molecule has 0 saturated heterocycles. The summed E-state index contributed by atoms with van der Waals surface area (Å²) in [6.45, 7) is 3.79. The molecule has 3 atom stereocenters. The van der Waals surface area contributed by atoms with E-state index in [9.17, 15) is 9.59 Å². The Balaban J connectivity index is 1.30. The van der Waals surface area contributed by atoms with E-state index in [2.05, 4.69) is 26.9 Å². The van der Waals surface area contributed by atoms with Gasteiger partial charge in [-0.05, 0) is 58.3 Å². The highest BCUT2D eigenvalue weighted by atomic mass is 16.6. The number of fused-ring (bicyclic) bond motifs is 1. The molecule has 1 unspecified atom stereocenters. The SMILES string of the molecule is CC(C)NC(=O)O[C@@H]1CC[C@H](c2cc(NC(=O)C34CC(C#N)C(C3)C4)n[nH]2)C1. The van der Waals surface area contributed by atoms with E-state index in [4.69, 9.17) is 10.00 Å². The van der Waals surface area contributed by atoms with Gasteiger partial charge in [-0.25, -0.2) is 4.79 Å². The lowest BCUT2D eigenvalue weighted by atomic mass is 9.68. The first-order valence-electron chi connectivity index (χ1n) is 10.1. The zero-order valence-corrected chi connectivity index (χ0v) is 16.3. The first-order chi connectivity index (χ1) is 13.4. The standard InChI is InChI=1S/C20H27N5O3/c1-11(2)22-19(27)28-15-4-3-12(5-15)16-6-17(25-24-16)23-18(26)20-7-13(8-20)14(9-20)10-21/h6,11-15H,3-5,7-9H2,1-2H3,(H,22,27)(H2,23,24,25,26)/t12-,13?,14?,15+,20?/m0/s1. The predicted octanol–water partition coefficient (Wildman–Crippen LogP) is 3.06. The lowest BCUT2D eigenvalue weighted by molar-refractivity contribution is -0.129. The van der Waals surface area contributed by atoms with Crippen LogP contribution in [0.15, 0.2) is 6.07 Å². The maximum absolute atomic E-state index is 12.7. The van der Waals surface area contributed by atoms with Gasteiger partial charge in [0.05, 0.1) is 17.4 Å². The second-order valence-corrected chi connectivity index (χ2v) is 8.89. The molecule has 0 spiro atoms. The number of alkyl carbamates (subject to hydrolysis) is 1. The van der Waals surface area contributed by atoms with E-state index >= 15 is 0 Å². The van der Waals surface area contributed by atoms with E-state index in [1.807, 2.05) is 19.9 Å². The second kappa shape index (κ2) is 7.12. The summed E-state index contributed by atoms with van der Waals surface area (Å²) in [7, 11) is 0. The number of carbonyl (C=O) groups is 2. The van der Waals surface area contributed by atoms with Crippen LogP contribution in [0.4, 0.5) is 10.6 Å². The van der Waals surface area contributed by atoms with Crippen LogP contribution in [0.1, 0.15) is 64.0 Å². The summed E-state index contributed by atoms with van der Waals surface area (Å²) in [5.41, 5.74) is 0.580. The summed E-state index contributed by atoms with van der Waals surface area (Å²) in [5, 5.41) is 22.1. The molecule has 2 amide bonds. The Morgan fingerprint density at radius 2 is 2.14 bits per heavy atom. The Bertz CT molecular complexity index is 805. The average molecular weight is 385 g/mol. The number of ether oxygens (including phenoxy) is 1. The van der Waals surface area contributed by atoms with Crippen LogP contribution >= 0.6 is 0 Å². The molecular formula is C20H27N5O3. The van der Waals surface area contributed by atoms with Gasteiger partial charge in [-0.1, -0.05) is 0 Å². The van der Waals surface area contributed by atoms with Gasteiger partial charge in [-0.3, -0.25) is 9.89 Å². The van der Waals surface area contributed by atoms with Crippen molar-refractivity contribution in [2.45, 2.75) is 70.4 Å². The van der Waals surface area contributed by atoms with Gasteiger partial charge in [0.25, 0.3) is 0 Å². The fraction of sp³-hybridized carbons (Fsp3) is 0.700. The summed E-state index contributed by atoms with van der Waals surface area (Å²) in [5.74, 6) is 1.14. The van der Waals surface area contributed by atoms with Gasteiger partial charge in [-0.15, -0.1) is 0 Å². The number of nitriles is 1. The number of aromatic amines is 1. The van der Waals surface area contributed by atoms with Crippen LogP contribution in [-0.4, -0.2) is 34.3 Å². The molecule has 1 aromatic heterocycles. The van der Waals surface area contributed by atoms with Crippen LogP contribution in [0.2, 0.25) is 0 Å². The molecule has 0 aliphatic heterocycles. The van der Waals surface area contributed by atoms with Crippen LogP contribution in [0.25, 0.3) is 0 Å². The monoisotopic (exact) mass is 385 g/mol. The Morgan fingerprint density at radius 1 is 1.36 bits per heavy atom. The van der Waals surface area contributed by atoms with Crippen LogP contribution in [0.5, 0.6) is 0 Å². The minimum absolute atomic E-state index is 0.0162. The van der Waals surface area contributed by atoms with Crippen molar-refractivity contribution in [2.75, 3.05) is 5.32 Å². The Kier molecular flexibility index (Phi) is 4.77. The van der Waals surface area contributed by atoms with Crippen molar-refractivity contribution < 1.29 is 14.3 Å². The van der Waals surface area contributed by atoms with E-state index in [1.54, 1.807) is 0 Å². The van der Waals surface area contributed by atoms with Crippen molar-refractivity contribution in [3.63, 3.8) is 0 Å². The van der Waals surface area contributed by atoms with E-state index < -0.39 is 0 Å². The molecule has 150 valence electrons. The first-order valence-corrected chi connectivity index (χ1v) is 10.1. The number of carbonyl (C=O) groups excluding carboxylic acids is 2. The number of nitrogens with one attached hydrogen (secondary N) is 3. The van der Waals surface area contributed by atoms with E-state index in [0.29, 0.717) is 18.2 Å². The molecule has 0 aromatic carbocycles. The van der Waals surface area contributed by atoms with Crippen LogP contribution in [-0.2, 0) is 9.53 Å². The third-order valence-electron chi connectivity index (χ3n) is 6.48. The first kappa shape index (κ1) is 18.8. The maximum Gasteiger partial charge on any atom is 0.407 e. The number of hydrogen-bond donors (Lipinski definition) is 3. The van der Waals surface area contributed by atoms with Gasteiger partial charge in [0.2, 0.25) is 5.91 Å². The smallest absolute Gasteiger partial charge is 0.407 e. The lowest BCUT2D eigenvalue weighted by Gasteiger charge is -2.36. The largest absolute Gasteiger partial charge is 0.446 e. The van der Waals surface area contributed by atoms with Gasteiger partial charge in [0, 0.05) is 23.7 Å². The Morgan fingerprint density at radius 3 is 2.82 bits per heavy atom. The molecule has 4 aliphatic carbocycles. The number of amides is 2. The van der Waals surface area contributed by atoms with Crippen molar-refractivity contribution in [3.05, 3.63) is 11.8 Å². The van der Waals surface area contributed by atoms with Gasteiger partial charge >= 0.3 is 6.09 Å². The molecule has 5 rings (SSSR count). The predicted molar refractivity (Wildman–Crippen MR) is 101 cm³/mol. The normalized spacial score (nSPS) is 33.2. The minimum atomic E-state index is -0.375.